The van der Waals surface area contributed by atoms with Crippen LogP contribution in [0.4, 0.5) is 5.00 Å². The van der Waals surface area contributed by atoms with Crippen LogP contribution in [0.5, 0.6) is 0 Å². The van der Waals surface area contributed by atoms with Crippen molar-refractivity contribution in [2.45, 2.75) is 59.3 Å². The van der Waals surface area contributed by atoms with Crippen molar-refractivity contribution in [3.8, 4) is 11.1 Å². The van der Waals surface area contributed by atoms with Gasteiger partial charge < -0.3 is 10.1 Å². The van der Waals surface area contributed by atoms with Gasteiger partial charge in [-0.25, -0.2) is 4.79 Å². The third-order valence-electron chi connectivity index (χ3n) is 8.02. The predicted octanol–water partition coefficient (Wildman–Crippen LogP) is 6.28. The summed E-state index contributed by atoms with van der Waals surface area (Å²) in [7, 11) is 1.41. The summed E-state index contributed by atoms with van der Waals surface area (Å²) in [5.74, 6) is 1.83. The second kappa shape index (κ2) is 7.47. The number of nitrogens with one attached hydrogen (secondary N) is 1. The minimum Gasteiger partial charge on any atom is -0.465 e. The van der Waals surface area contributed by atoms with Crippen LogP contribution in [-0.4, -0.2) is 19.0 Å². The normalized spacial score (nSPS) is 28.6. The van der Waals surface area contributed by atoms with E-state index in [2.05, 4.69) is 37.4 Å². The number of carbonyl (C=O) groups excluding carboxylic acids is 2. The van der Waals surface area contributed by atoms with E-state index >= 15 is 0 Å². The molecule has 2 aromatic rings. The highest BCUT2D eigenvalue weighted by Crippen LogP contribution is 2.60. The van der Waals surface area contributed by atoms with Crippen molar-refractivity contribution >= 4 is 28.2 Å². The molecule has 1 aromatic carbocycles. The lowest BCUT2D eigenvalue weighted by Gasteiger charge is -2.55. The first-order valence-corrected chi connectivity index (χ1v) is 12.2. The van der Waals surface area contributed by atoms with E-state index in [0.717, 1.165) is 35.3 Å². The van der Waals surface area contributed by atoms with Gasteiger partial charge in [-0.05, 0) is 93.7 Å². The van der Waals surface area contributed by atoms with Crippen LogP contribution in [0.15, 0.2) is 18.2 Å². The highest BCUT2D eigenvalue weighted by atomic mass is 32.1. The second-order valence-corrected chi connectivity index (χ2v) is 11.4. The van der Waals surface area contributed by atoms with Crippen molar-refractivity contribution in [1.29, 1.82) is 0 Å². The van der Waals surface area contributed by atoms with Crippen molar-refractivity contribution in [1.82, 2.24) is 0 Å². The van der Waals surface area contributed by atoms with Gasteiger partial charge in [0.05, 0.1) is 12.5 Å². The molecule has 4 fully saturated rings. The second-order valence-electron chi connectivity index (χ2n) is 10.2. The number of anilines is 1. The molecule has 31 heavy (non-hydrogen) atoms. The van der Waals surface area contributed by atoms with Gasteiger partial charge in [-0.2, -0.15) is 0 Å². The summed E-state index contributed by atoms with van der Waals surface area (Å²) >= 11 is 1.49. The largest absolute Gasteiger partial charge is 0.465 e. The molecule has 1 amide bonds. The molecule has 4 aliphatic rings. The molecule has 164 valence electrons. The fourth-order valence-corrected chi connectivity index (χ4v) is 7.86. The van der Waals surface area contributed by atoms with Crippen LogP contribution in [0, 0.1) is 43.9 Å². The summed E-state index contributed by atoms with van der Waals surface area (Å²) in [5, 5.41) is 3.86. The van der Waals surface area contributed by atoms with Gasteiger partial charge in [-0.3, -0.25) is 4.79 Å². The summed E-state index contributed by atoms with van der Waals surface area (Å²) < 4.78 is 5.15. The Kier molecular flexibility index (Phi) is 5.00. The third kappa shape index (κ3) is 3.42. The van der Waals surface area contributed by atoms with Gasteiger partial charge in [0.2, 0.25) is 5.91 Å². The zero-order chi connectivity index (χ0) is 21.9. The van der Waals surface area contributed by atoms with E-state index in [-0.39, 0.29) is 11.3 Å². The van der Waals surface area contributed by atoms with Gasteiger partial charge >= 0.3 is 5.97 Å². The molecule has 0 atom stereocenters. The number of hydrogen-bond donors (Lipinski definition) is 1. The average Bonchev–Trinajstić information content (AvgIpc) is 3.04. The molecule has 4 bridgehead atoms. The Morgan fingerprint density at radius 2 is 1.61 bits per heavy atom. The van der Waals surface area contributed by atoms with Crippen LogP contribution in [0.3, 0.4) is 0 Å². The average molecular weight is 438 g/mol. The van der Waals surface area contributed by atoms with Gasteiger partial charge in [0.1, 0.15) is 10.6 Å². The molecular formula is C26H31NO3S. The van der Waals surface area contributed by atoms with Crippen LogP contribution < -0.4 is 5.32 Å². The van der Waals surface area contributed by atoms with Crippen molar-refractivity contribution in [3.63, 3.8) is 0 Å². The molecule has 0 spiro atoms. The Morgan fingerprint density at radius 1 is 1.00 bits per heavy atom. The molecule has 0 unspecified atom stereocenters. The first-order valence-electron chi connectivity index (χ1n) is 11.4. The zero-order valence-corrected chi connectivity index (χ0v) is 19.7. The van der Waals surface area contributed by atoms with Gasteiger partial charge in [-0.15, -0.1) is 11.3 Å². The standard InChI is InChI=1S/C26H31NO3S/c1-14-5-6-20(7-15(14)2)21-16(3)31-23(22(21)24(28)30-4)27-25(29)26-11-17-8-18(12-26)10-19(9-17)13-26/h5-7,17-19H,8-13H2,1-4H3,(H,27,29). The topological polar surface area (TPSA) is 55.4 Å². The molecule has 4 saturated carbocycles. The van der Waals surface area contributed by atoms with Gasteiger partial charge in [0, 0.05) is 10.4 Å². The van der Waals surface area contributed by atoms with E-state index in [1.807, 2.05) is 6.92 Å². The SMILES string of the molecule is COC(=O)c1c(NC(=O)C23CC4CC(CC(C4)C2)C3)sc(C)c1-c1ccc(C)c(C)c1. The minimum atomic E-state index is -0.390. The first-order chi connectivity index (χ1) is 14.8. The number of methoxy groups -OCH3 is 1. The van der Waals surface area contributed by atoms with Crippen LogP contribution in [0.1, 0.15) is 64.9 Å². The highest BCUT2D eigenvalue weighted by Gasteiger charge is 2.54. The number of ether oxygens (including phenoxy) is 1. The lowest BCUT2D eigenvalue weighted by atomic mass is 9.49. The monoisotopic (exact) mass is 437 g/mol. The quantitative estimate of drug-likeness (QED) is 0.573. The lowest BCUT2D eigenvalue weighted by Crippen LogP contribution is -2.51. The number of amides is 1. The highest BCUT2D eigenvalue weighted by molar-refractivity contribution is 7.17. The molecule has 0 radical (unpaired) electrons. The van der Waals surface area contributed by atoms with Crippen LogP contribution >= 0.6 is 11.3 Å². The Balaban J connectivity index is 1.52. The van der Waals surface area contributed by atoms with E-state index < -0.39 is 5.97 Å². The Bertz CT molecular complexity index is 1030. The summed E-state index contributed by atoms with van der Waals surface area (Å²) in [5.41, 5.74) is 4.50. The molecule has 0 saturated heterocycles. The summed E-state index contributed by atoms with van der Waals surface area (Å²) in [6.45, 7) is 6.17. The number of aryl methyl sites for hydroxylation is 3. The maximum atomic E-state index is 13.6. The summed E-state index contributed by atoms with van der Waals surface area (Å²) in [6, 6.07) is 6.24. The maximum Gasteiger partial charge on any atom is 0.341 e. The molecule has 1 aromatic heterocycles. The maximum absolute atomic E-state index is 13.6. The summed E-state index contributed by atoms with van der Waals surface area (Å²) in [4.78, 5) is 27.5. The molecule has 4 aliphatic carbocycles. The molecule has 0 aliphatic heterocycles. The third-order valence-corrected chi connectivity index (χ3v) is 9.04. The Hall–Kier alpha value is -2.14. The Morgan fingerprint density at radius 3 is 2.16 bits per heavy atom. The van der Waals surface area contributed by atoms with E-state index in [0.29, 0.717) is 28.3 Å². The first kappa shape index (κ1) is 20.7. The van der Waals surface area contributed by atoms with Crippen molar-refractivity contribution in [2.75, 3.05) is 12.4 Å². The number of benzene rings is 1. The molecule has 6 rings (SSSR count). The molecule has 1 heterocycles. The van der Waals surface area contributed by atoms with Gasteiger partial charge in [0.25, 0.3) is 0 Å². The van der Waals surface area contributed by atoms with Crippen LogP contribution in [0.2, 0.25) is 0 Å². The van der Waals surface area contributed by atoms with E-state index in [4.69, 9.17) is 4.74 Å². The minimum absolute atomic E-state index is 0.115. The van der Waals surface area contributed by atoms with E-state index in [1.54, 1.807) is 0 Å². The zero-order valence-electron chi connectivity index (χ0n) is 18.8. The number of carbonyl (C=O) groups is 2. The van der Waals surface area contributed by atoms with E-state index in [1.165, 1.54) is 48.8 Å². The number of esters is 1. The van der Waals surface area contributed by atoms with E-state index in [9.17, 15) is 9.59 Å². The fraction of sp³-hybridized carbons (Fsp3) is 0.538. The number of rotatable bonds is 4. The molecule has 4 nitrogen and oxygen atoms in total. The lowest BCUT2D eigenvalue weighted by molar-refractivity contribution is -0.140. The molecule has 1 N–H and O–H groups in total. The summed E-state index contributed by atoms with van der Waals surface area (Å²) in [6.07, 6.45) is 6.92. The number of hydrogen-bond acceptors (Lipinski definition) is 4. The van der Waals surface area contributed by atoms with Crippen molar-refractivity contribution < 1.29 is 14.3 Å². The van der Waals surface area contributed by atoms with Crippen LogP contribution in [-0.2, 0) is 9.53 Å². The van der Waals surface area contributed by atoms with Crippen molar-refractivity contribution in [2.24, 2.45) is 23.2 Å². The molecular weight excluding hydrogens is 406 g/mol. The predicted molar refractivity (Wildman–Crippen MR) is 125 cm³/mol. The molecule has 5 heteroatoms. The van der Waals surface area contributed by atoms with Crippen molar-refractivity contribution in [3.05, 3.63) is 39.8 Å². The Labute approximate surface area is 188 Å². The van der Waals surface area contributed by atoms with Gasteiger partial charge in [-0.1, -0.05) is 18.2 Å². The van der Waals surface area contributed by atoms with Gasteiger partial charge in [0.15, 0.2) is 0 Å². The number of thiophene rings is 1. The van der Waals surface area contributed by atoms with Crippen LogP contribution in [0.25, 0.3) is 11.1 Å². The smallest absolute Gasteiger partial charge is 0.341 e. The fourth-order valence-electron chi connectivity index (χ4n) is 6.80.